The van der Waals surface area contributed by atoms with Gasteiger partial charge in [0.1, 0.15) is 28.7 Å². The number of methoxy groups -OCH3 is 2. The Morgan fingerprint density at radius 3 is 2.05 bits per heavy atom. The van der Waals surface area contributed by atoms with E-state index in [4.69, 9.17) is 19.2 Å². The van der Waals surface area contributed by atoms with E-state index in [0.717, 1.165) is 16.7 Å². The number of aromatic nitrogens is 3. The first-order valence-corrected chi connectivity index (χ1v) is 18.9. The smallest absolute Gasteiger partial charge is 0.422 e. The fourth-order valence-corrected chi connectivity index (χ4v) is 7.98. The number of rotatable bonds is 11. The Balaban J connectivity index is 1.36. The number of halogens is 5. The van der Waals surface area contributed by atoms with Crippen LogP contribution in [0.5, 0.6) is 17.5 Å². The molecule has 2 fully saturated rings. The Morgan fingerprint density at radius 1 is 0.965 bits per heavy atom. The van der Waals surface area contributed by atoms with Crippen molar-refractivity contribution in [1.82, 2.24) is 19.9 Å². The number of nitrogens with zero attached hydrogens (tertiary/aromatic N) is 7. The van der Waals surface area contributed by atoms with Gasteiger partial charge < -0.3 is 29.1 Å². The third-order valence-electron chi connectivity index (χ3n) is 10.1. The molecular weight excluding hydrogens is 861 g/mol. The zero-order chi connectivity index (χ0) is 40.6. The SMILES string of the molecule is COc1ccc(CN(Cc2ccc(OC)cc2)c2cc(C)c(I)c(-c3c(C#N)cc4c(N5C[C@H]6CC[C@@H](C5)N6C(=O)O)nc(OCC(F)(F)F)nc4c3F)n2)cc1. The fourth-order valence-electron chi connectivity index (χ4n) is 7.44. The van der Waals surface area contributed by atoms with Gasteiger partial charge in [0, 0.05) is 35.1 Å². The second-order valence-corrected chi connectivity index (χ2v) is 14.9. The zero-order valence-corrected chi connectivity index (χ0v) is 33.1. The summed E-state index contributed by atoms with van der Waals surface area (Å²) in [5.74, 6) is 0.905. The number of piperazine rings is 1. The Bertz CT molecular complexity index is 2300. The molecule has 0 radical (unpaired) electrons. The van der Waals surface area contributed by atoms with Crippen molar-refractivity contribution in [2.45, 2.75) is 51.1 Å². The average Bonchev–Trinajstić information content (AvgIpc) is 3.47. The minimum Gasteiger partial charge on any atom is -0.497 e. The molecule has 2 aromatic heterocycles. The van der Waals surface area contributed by atoms with Crippen LogP contribution in [0, 0.1) is 27.6 Å². The van der Waals surface area contributed by atoms with Crippen LogP contribution in [0.25, 0.3) is 22.2 Å². The molecule has 2 atom stereocenters. The molecule has 3 aromatic carbocycles. The van der Waals surface area contributed by atoms with Crippen molar-refractivity contribution < 1.29 is 41.7 Å². The van der Waals surface area contributed by atoms with Gasteiger partial charge in [-0.05, 0) is 95.4 Å². The maximum atomic E-state index is 17.3. The van der Waals surface area contributed by atoms with E-state index in [-0.39, 0.29) is 46.6 Å². The predicted molar refractivity (Wildman–Crippen MR) is 211 cm³/mol. The monoisotopic (exact) mass is 897 g/mol. The number of pyridine rings is 1. The quantitative estimate of drug-likeness (QED) is 0.102. The molecule has 5 aromatic rings. The topological polar surface area (TPSA) is 137 Å². The Labute approximate surface area is 338 Å². The number of anilines is 2. The van der Waals surface area contributed by atoms with Crippen LogP contribution in [0.3, 0.4) is 0 Å². The van der Waals surface area contributed by atoms with E-state index in [1.54, 1.807) is 19.1 Å². The van der Waals surface area contributed by atoms with Gasteiger partial charge in [-0.2, -0.15) is 28.4 Å². The molecule has 0 aliphatic carbocycles. The van der Waals surface area contributed by atoms with Crippen LogP contribution < -0.4 is 24.0 Å². The van der Waals surface area contributed by atoms with E-state index in [2.05, 4.69) is 16.0 Å². The summed E-state index contributed by atoms with van der Waals surface area (Å²) < 4.78 is 73.6. The number of aryl methyl sites for hydroxylation is 1. The summed E-state index contributed by atoms with van der Waals surface area (Å²) in [6.45, 7) is 1.20. The van der Waals surface area contributed by atoms with Crippen LogP contribution >= 0.6 is 22.6 Å². The van der Waals surface area contributed by atoms with Gasteiger partial charge >= 0.3 is 18.3 Å². The zero-order valence-electron chi connectivity index (χ0n) is 31.0. The number of carbonyl (C=O) groups is 1. The molecule has 1 N–H and O–H groups in total. The first kappa shape index (κ1) is 39.6. The van der Waals surface area contributed by atoms with E-state index in [1.807, 2.05) is 89.0 Å². The minimum absolute atomic E-state index is 0.0406. The highest BCUT2D eigenvalue weighted by Crippen LogP contribution is 2.41. The second kappa shape index (κ2) is 16.1. The molecule has 1 amide bonds. The highest BCUT2D eigenvalue weighted by atomic mass is 127. The van der Waals surface area contributed by atoms with Gasteiger partial charge in [0.25, 0.3) is 0 Å². The van der Waals surface area contributed by atoms with Crippen molar-refractivity contribution in [2.24, 2.45) is 0 Å². The molecule has 2 bridgehead atoms. The standard InChI is InChI=1S/C40H36F4IN7O5/c1-22-14-31(50(17-23-4-10-28(55-2)11-5-23)18-24-6-12-29(56-3)13-7-24)47-36(34(22)45)32-25(16-46)15-30-35(33(32)41)48-38(57-21-40(42,43)44)49-37(30)51-19-26-8-9-27(20-51)52(26)39(53)54/h4-7,10-15,26-27H,8-9,17-21H2,1-3H3,(H,53,54)/t26-,27+. The first-order valence-electron chi connectivity index (χ1n) is 17.8. The van der Waals surface area contributed by atoms with Crippen LogP contribution in [0.15, 0.2) is 60.7 Å². The van der Waals surface area contributed by atoms with Gasteiger partial charge in [-0.15, -0.1) is 0 Å². The van der Waals surface area contributed by atoms with Crippen molar-refractivity contribution >= 4 is 51.2 Å². The second-order valence-electron chi connectivity index (χ2n) is 13.8. The third-order valence-corrected chi connectivity index (χ3v) is 11.5. The number of hydrogen-bond acceptors (Lipinski definition) is 10. The highest BCUT2D eigenvalue weighted by molar-refractivity contribution is 14.1. The maximum Gasteiger partial charge on any atom is 0.422 e. The number of amides is 1. The Kier molecular flexibility index (Phi) is 11.2. The lowest BCUT2D eigenvalue weighted by Gasteiger charge is -2.40. The normalized spacial score (nSPS) is 16.4. The van der Waals surface area contributed by atoms with Crippen molar-refractivity contribution in [2.75, 3.05) is 43.7 Å². The number of fused-ring (bicyclic) bond motifs is 3. The molecule has 7 rings (SSSR count). The van der Waals surface area contributed by atoms with Gasteiger partial charge in [-0.1, -0.05) is 24.3 Å². The number of ether oxygens (including phenoxy) is 3. The van der Waals surface area contributed by atoms with Crippen LogP contribution in [0.1, 0.15) is 35.1 Å². The molecule has 0 spiro atoms. The highest BCUT2D eigenvalue weighted by Gasteiger charge is 2.44. The van der Waals surface area contributed by atoms with Crippen LogP contribution in [-0.2, 0) is 13.1 Å². The summed E-state index contributed by atoms with van der Waals surface area (Å²) in [4.78, 5) is 30.5. The van der Waals surface area contributed by atoms with E-state index >= 15 is 4.39 Å². The molecule has 2 aliphatic rings. The average molecular weight is 898 g/mol. The number of alkyl halides is 3. The van der Waals surface area contributed by atoms with E-state index in [9.17, 15) is 28.3 Å². The molecule has 57 heavy (non-hydrogen) atoms. The van der Waals surface area contributed by atoms with Crippen LogP contribution in [0.4, 0.5) is 34.0 Å². The summed E-state index contributed by atoms with van der Waals surface area (Å²) in [7, 11) is 3.17. The lowest BCUT2D eigenvalue weighted by Crippen LogP contribution is -2.55. The number of hydrogen-bond donors (Lipinski definition) is 1. The summed E-state index contributed by atoms with van der Waals surface area (Å²) in [6, 6.07) is 19.0. The van der Waals surface area contributed by atoms with Crippen LogP contribution in [-0.4, -0.2) is 83.2 Å². The Hall–Kier alpha value is -5.64. The lowest BCUT2D eigenvalue weighted by atomic mass is 9.99. The van der Waals surface area contributed by atoms with E-state index in [0.29, 0.717) is 46.8 Å². The lowest BCUT2D eigenvalue weighted by molar-refractivity contribution is -0.154. The van der Waals surface area contributed by atoms with Gasteiger partial charge in [0.2, 0.25) is 0 Å². The molecule has 17 heteroatoms. The largest absolute Gasteiger partial charge is 0.497 e. The first-order chi connectivity index (χ1) is 27.3. The maximum absolute atomic E-state index is 17.3. The molecule has 296 valence electrons. The number of nitriles is 1. The van der Waals surface area contributed by atoms with E-state index < -0.39 is 42.8 Å². The van der Waals surface area contributed by atoms with Crippen molar-refractivity contribution in [3.63, 3.8) is 0 Å². The number of carboxylic acid groups (broad SMARTS) is 1. The molecule has 4 heterocycles. The van der Waals surface area contributed by atoms with Gasteiger partial charge in [-0.3, -0.25) is 4.90 Å². The molecule has 0 unspecified atom stereocenters. The molecule has 12 nitrogen and oxygen atoms in total. The summed E-state index contributed by atoms with van der Waals surface area (Å²) in [5, 5.41) is 20.4. The fraction of sp³-hybridized carbons (Fsp3) is 0.325. The van der Waals surface area contributed by atoms with Gasteiger partial charge in [0.05, 0.1) is 49.2 Å². The Morgan fingerprint density at radius 2 is 1.54 bits per heavy atom. The third kappa shape index (κ3) is 8.27. The van der Waals surface area contributed by atoms with Crippen molar-refractivity contribution in [3.8, 4) is 34.8 Å². The van der Waals surface area contributed by atoms with Crippen LogP contribution in [0.2, 0.25) is 0 Å². The molecule has 2 aliphatic heterocycles. The van der Waals surface area contributed by atoms with Gasteiger partial charge in [-0.25, -0.2) is 14.2 Å². The van der Waals surface area contributed by atoms with Crippen molar-refractivity contribution in [1.29, 1.82) is 5.26 Å². The summed E-state index contributed by atoms with van der Waals surface area (Å²) in [6.07, 6.45) is -4.66. The van der Waals surface area contributed by atoms with Gasteiger partial charge in [0.15, 0.2) is 12.4 Å². The predicted octanol–water partition coefficient (Wildman–Crippen LogP) is 8.11. The summed E-state index contributed by atoms with van der Waals surface area (Å²) >= 11 is 2.05. The number of benzene rings is 3. The van der Waals surface area contributed by atoms with Crippen molar-refractivity contribution in [3.05, 3.63) is 92.3 Å². The van der Waals surface area contributed by atoms with E-state index in [1.165, 1.54) is 11.0 Å². The molecular formula is C40H36F4IN7O5. The summed E-state index contributed by atoms with van der Waals surface area (Å²) in [5.41, 5.74) is 2.10. The molecule has 2 saturated heterocycles. The molecule has 0 saturated carbocycles. The minimum atomic E-state index is -4.74.